The Hall–Kier alpha value is -6.66. The standard InChI is InChI=1S/C44H39N9/c1-5-39-47-40-30(3)26-37(28-45)46-43(40)52(39)29-32-22-24-33(25-23-32)41-38(27-31(4)51(41)6-2)42-48-49-50-53(42)44(34-16-10-7-11-17-34,35-18-12-8-13-19-35)36-20-14-9-15-21-36/h7-27H,5-6,29H2,1-4H3. The number of hydrogen-bond acceptors (Lipinski definition) is 6. The number of pyridine rings is 1. The van der Waals surface area contributed by atoms with Crippen LogP contribution in [0.25, 0.3) is 33.8 Å². The fourth-order valence-electron chi connectivity index (χ4n) is 7.78. The molecule has 0 saturated carbocycles. The molecule has 0 radical (unpaired) electrons. The Morgan fingerprint density at radius 2 is 1.32 bits per heavy atom. The molecule has 0 N–H and O–H groups in total. The Bertz CT molecular complexity index is 2480. The second-order valence-electron chi connectivity index (χ2n) is 13.3. The van der Waals surface area contributed by atoms with Gasteiger partial charge in [0.25, 0.3) is 0 Å². The molecular weight excluding hydrogens is 655 g/mol. The van der Waals surface area contributed by atoms with Gasteiger partial charge in [-0.15, -0.1) is 5.10 Å². The zero-order valence-electron chi connectivity index (χ0n) is 30.3. The summed E-state index contributed by atoms with van der Waals surface area (Å²) >= 11 is 0. The van der Waals surface area contributed by atoms with E-state index in [0.29, 0.717) is 18.1 Å². The van der Waals surface area contributed by atoms with Crippen molar-refractivity contribution in [1.82, 2.24) is 39.3 Å². The fraction of sp³-hybridized carbons (Fsp3) is 0.182. The molecular formula is C44H39N9. The molecule has 0 spiro atoms. The molecule has 0 aliphatic heterocycles. The summed E-state index contributed by atoms with van der Waals surface area (Å²) in [6.45, 7) is 9.75. The number of benzene rings is 4. The van der Waals surface area contributed by atoms with Gasteiger partial charge in [-0.05, 0) is 76.7 Å². The molecule has 0 bridgehead atoms. The van der Waals surface area contributed by atoms with Crippen molar-refractivity contribution in [3.8, 4) is 28.7 Å². The number of nitrogens with zero attached hydrogens (tertiary/aromatic N) is 9. The summed E-state index contributed by atoms with van der Waals surface area (Å²) in [5, 5.41) is 23.6. The van der Waals surface area contributed by atoms with Gasteiger partial charge in [-0.3, -0.25) is 0 Å². The van der Waals surface area contributed by atoms with E-state index >= 15 is 0 Å². The Morgan fingerprint density at radius 3 is 1.87 bits per heavy atom. The first-order chi connectivity index (χ1) is 26.0. The minimum atomic E-state index is -0.867. The Labute approximate surface area is 308 Å². The third kappa shape index (κ3) is 5.60. The maximum atomic E-state index is 9.62. The molecule has 8 aromatic rings. The lowest BCUT2D eigenvalue weighted by Crippen LogP contribution is -2.39. The van der Waals surface area contributed by atoms with Crippen molar-refractivity contribution < 1.29 is 0 Å². The van der Waals surface area contributed by atoms with Crippen molar-refractivity contribution >= 4 is 11.2 Å². The van der Waals surface area contributed by atoms with Crippen molar-refractivity contribution in [3.05, 3.63) is 172 Å². The summed E-state index contributed by atoms with van der Waals surface area (Å²) in [4.78, 5) is 9.55. The van der Waals surface area contributed by atoms with Gasteiger partial charge in [0.05, 0.1) is 12.2 Å². The predicted octanol–water partition coefficient (Wildman–Crippen LogP) is 8.51. The smallest absolute Gasteiger partial charge is 0.185 e. The monoisotopic (exact) mass is 693 g/mol. The largest absolute Gasteiger partial charge is 0.345 e. The molecule has 0 fully saturated rings. The second kappa shape index (κ2) is 13.8. The van der Waals surface area contributed by atoms with Crippen molar-refractivity contribution in [1.29, 1.82) is 5.26 Å². The summed E-state index contributed by atoms with van der Waals surface area (Å²) in [5.41, 5.74) is 10.5. The van der Waals surface area contributed by atoms with Crippen LogP contribution in [0.15, 0.2) is 127 Å². The van der Waals surface area contributed by atoms with E-state index in [9.17, 15) is 5.26 Å². The molecule has 4 aromatic carbocycles. The maximum absolute atomic E-state index is 9.62. The highest BCUT2D eigenvalue weighted by molar-refractivity contribution is 5.80. The van der Waals surface area contributed by atoms with E-state index < -0.39 is 5.54 Å². The van der Waals surface area contributed by atoms with Gasteiger partial charge in [0.2, 0.25) is 0 Å². The number of nitriles is 1. The lowest BCUT2D eigenvalue weighted by Gasteiger charge is -2.36. The number of aromatic nitrogens is 8. The third-order valence-corrected chi connectivity index (χ3v) is 10.2. The number of rotatable bonds is 10. The second-order valence-corrected chi connectivity index (χ2v) is 13.3. The topological polar surface area (TPSA) is 103 Å². The molecule has 0 aliphatic rings. The number of hydrogen-bond donors (Lipinski definition) is 0. The molecule has 4 aromatic heterocycles. The van der Waals surface area contributed by atoms with E-state index in [1.165, 1.54) is 0 Å². The zero-order valence-corrected chi connectivity index (χ0v) is 30.3. The number of imidazole rings is 1. The molecule has 260 valence electrons. The van der Waals surface area contributed by atoms with E-state index in [4.69, 9.17) is 15.3 Å². The highest BCUT2D eigenvalue weighted by atomic mass is 15.6. The van der Waals surface area contributed by atoms with Gasteiger partial charge >= 0.3 is 0 Å². The lowest BCUT2D eigenvalue weighted by molar-refractivity contribution is 0.451. The average Bonchev–Trinajstić information content (AvgIpc) is 3.92. The molecule has 9 heteroatoms. The summed E-state index contributed by atoms with van der Waals surface area (Å²) in [6.07, 6.45) is 0.758. The van der Waals surface area contributed by atoms with E-state index in [1.54, 1.807) is 6.07 Å². The average molecular weight is 694 g/mol. The van der Waals surface area contributed by atoms with Crippen LogP contribution in [0.3, 0.4) is 0 Å². The summed E-state index contributed by atoms with van der Waals surface area (Å²) in [7, 11) is 0. The molecule has 0 atom stereocenters. The molecule has 4 heterocycles. The van der Waals surface area contributed by atoms with Crippen molar-refractivity contribution in [2.45, 2.75) is 52.7 Å². The van der Waals surface area contributed by atoms with Gasteiger partial charge in [-0.25, -0.2) is 14.6 Å². The minimum absolute atomic E-state index is 0.399. The maximum Gasteiger partial charge on any atom is 0.185 e. The van der Waals surface area contributed by atoms with Gasteiger partial charge < -0.3 is 9.13 Å². The van der Waals surface area contributed by atoms with Crippen LogP contribution in [0, 0.1) is 25.2 Å². The summed E-state index contributed by atoms with van der Waals surface area (Å²) in [5.74, 6) is 1.61. The molecule has 8 rings (SSSR count). The molecule has 0 unspecified atom stereocenters. The first kappa shape index (κ1) is 33.5. The quantitative estimate of drug-likeness (QED) is 0.133. The Morgan fingerprint density at radius 1 is 0.717 bits per heavy atom. The van der Waals surface area contributed by atoms with Crippen LogP contribution in [0.4, 0.5) is 0 Å². The van der Waals surface area contributed by atoms with Crippen LogP contribution in [0.2, 0.25) is 0 Å². The lowest BCUT2D eigenvalue weighted by atomic mass is 9.77. The van der Waals surface area contributed by atoms with Crippen LogP contribution >= 0.6 is 0 Å². The van der Waals surface area contributed by atoms with Gasteiger partial charge in [0.15, 0.2) is 11.5 Å². The van der Waals surface area contributed by atoms with Gasteiger partial charge in [0.1, 0.15) is 28.6 Å². The van der Waals surface area contributed by atoms with Crippen molar-refractivity contribution in [2.24, 2.45) is 0 Å². The summed E-state index contributed by atoms with van der Waals surface area (Å²) < 4.78 is 6.46. The first-order valence-corrected chi connectivity index (χ1v) is 18.0. The highest BCUT2D eigenvalue weighted by Gasteiger charge is 2.42. The van der Waals surface area contributed by atoms with Crippen LogP contribution in [-0.4, -0.2) is 39.3 Å². The van der Waals surface area contributed by atoms with Crippen molar-refractivity contribution in [2.75, 3.05) is 0 Å². The number of tetrazole rings is 1. The molecule has 53 heavy (non-hydrogen) atoms. The molecule has 0 aliphatic carbocycles. The normalized spacial score (nSPS) is 11.6. The predicted molar refractivity (Wildman–Crippen MR) is 207 cm³/mol. The van der Waals surface area contributed by atoms with Gasteiger partial charge in [-0.2, -0.15) is 5.26 Å². The van der Waals surface area contributed by atoms with Crippen molar-refractivity contribution in [3.63, 3.8) is 0 Å². The molecule has 9 nitrogen and oxygen atoms in total. The third-order valence-electron chi connectivity index (χ3n) is 10.2. The Kier molecular flexibility index (Phi) is 8.72. The van der Waals surface area contributed by atoms with Crippen LogP contribution in [0.1, 0.15) is 58.9 Å². The summed E-state index contributed by atoms with van der Waals surface area (Å²) in [6, 6.07) is 46.3. The Balaban J connectivity index is 1.28. The van der Waals surface area contributed by atoms with E-state index in [1.807, 2.05) is 29.8 Å². The molecule has 0 saturated heterocycles. The highest BCUT2D eigenvalue weighted by Crippen LogP contribution is 2.44. The fourth-order valence-corrected chi connectivity index (χ4v) is 7.78. The van der Waals surface area contributed by atoms with Gasteiger partial charge in [-0.1, -0.05) is 122 Å². The van der Waals surface area contributed by atoms with E-state index in [2.05, 4.69) is 149 Å². The van der Waals surface area contributed by atoms with Crippen LogP contribution in [-0.2, 0) is 25.0 Å². The van der Waals surface area contributed by atoms with Crippen LogP contribution < -0.4 is 0 Å². The number of fused-ring (bicyclic) bond motifs is 1. The van der Waals surface area contributed by atoms with Crippen LogP contribution in [0.5, 0.6) is 0 Å². The minimum Gasteiger partial charge on any atom is -0.345 e. The van der Waals surface area contributed by atoms with Gasteiger partial charge in [0, 0.05) is 24.2 Å². The SMILES string of the molecule is CCc1nc2c(C)cc(C#N)nc2n1Cc1ccc(-c2c(-c3nnnn3C(c3ccccc3)(c3ccccc3)c3ccccc3)cc(C)n2CC)cc1. The zero-order chi connectivity index (χ0) is 36.5. The number of aryl methyl sites for hydroxylation is 3. The van der Waals surface area contributed by atoms with E-state index in [0.717, 1.165) is 80.3 Å². The first-order valence-electron chi connectivity index (χ1n) is 18.0. The molecule has 0 amide bonds. The van der Waals surface area contributed by atoms with E-state index in [-0.39, 0.29) is 0 Å².